The summed E-state index contributed by atoms with van der Waals surface area (Å²) in [5, 5.41) is 9.07. The number of nitrogens with one attached hydrogen (secondary N) is 3. The molecular weight excluding hydrogens is 372 g/mol. The van der Waals surface area contributed by atoms with Crippen molar-refractivity contribution in [2.45, 2.75) is 33.4 Å². The molecule has 1 unspecified atom stereocenters. The largest absolute Gasteiger partial charge is 0.490 e. The molecule has 0 radical (unpaired) electrons. The van der Waals surface area contributed by atoms with Crippen molar-refractivity contribution in [1.82, 2.24) is 16.0 Å². The van der Waals surface area contributed by atoms with Crippen LogP contribution >= 0.6 is 0 Å². The summed E-state index contributed by atoms with van der Waals surface area (Å²) < 4.78 is 16.5. The van der Waals surface area contributed by atoms with Gasteiger partial charge in [-0.15, -0.1) is 0 Å². The zero-order valence-electron chi connectivity index (χ0n) is 17.5. The first-order valence-corrected chi connectivity index (χ1v) is 9.73. The van der Waals surface area contributed by atoms with E-state index in [1.807, 2.05) is 45.0 Å². The molecule has 1 amide bonds. The van der Waals surface area contributed by atoms with Gasteiger partial charge in [0.25, 0.3) is 0 Å². The fourth-order valence-electron chi connectivity index (χ4n) is 2.65. The number of amides is 1. The zero-order valence-corrected chi connectivity index (χ0v) is 17.5. The van der Waals surface area contributed by atoms with Crippen LogP contribution in [0.1, 0.15) is 38.1 Å². The van der Waals surface area contributed by atoms with E-state index in [0.29, 0.717) is 37.2 Å². The van der Waals surface area contributed by atoms with Gasteiger partial charge in [0, 0.05) is 7.05 Å². The molecule has 29 heavy (non-hydrogen) atoms. The van der Waals surface area contributed by atoms with Crippen molar-refractivity contribution in [2.24, 2.45) is 4.99 Å². The number of aliphatic imine (C=N–C) groups is 1. The van der Waals surface area contributed by atoms with Gasteiger partial charge in [0.2, 0.25) is 5.91 Å². The van der Waals surface area contributed by atoms with Gasteiger partial charge < -0.3 is 29.8 Å². The molecule has 0 fully saturated rings. The van der Waals surface area contributed by atoms with Crippen LogP contribution in [0, 0.1) is 0 Å². The van der Waals surface area contributed by atoms with Crippen LogP contribution in [0.15, 0.2) is 46.0 Å². The first kappa shape index (κ1) is 22.1. The average Bonchev–Trinajstić information content (AvgIpc) is 3.24. The number of furan rings is 1. The van der Waals surface area contributed by atoms with Crippen molar-refractivity contribution in [2.75, 3.05) is 26.8 Å². The summed E-state index contributed by atoms with van der Waals surface area (Å²) in [7, 11) is 1.66. The highest BCUT2D eigenvalue weighted by Crippen LogP contribution is 2.30. The summed E-state index contributed by atoms with van der Waals surface area (Å²) in [5.41, 5.74) is 1.02. The highest BCUT2D eigenvalue weighted by molar-refractivity contribution is 5.86. The minimum atomic E-state index is -0.156. The smallest absolute Gasteiger partial charge is 0.239 e. The molecule has 0 saturated carbocycles. The number of ether oxygens (including phenoxy) is 2. The van der Waals surface area contributed by atoms with E-state index in [0.717, 1.165) is 11.3 Å². The monoisotopic (exact) mass is 402 g/mol. The van der Waals surface area contributed by atoms with Crippen LogP contribution in [0.4, 0.5) is 0 Å². The summed E-state index contributed by atoms with van der Waals surface area (Å²) in [4.78, 5) is 16.2. The number of guanidine groups is 1. The lowest BCUT2D eigenvalue weighted by atomic mass is 10.1. The molecule has 8 nitrogen and oxygen atoms in total. The lowest BCUT2D eigenvalue weighted by Gasteiger charge is -2.20. The molecule has 158 valence electrons. The minimum absolute atomic E-state index is 0.0535. The second-order valence-electron chi connectivity index (χ2n) is 6.22. The Labute approximate surface area is 171 Å². The summed E-state index contributed by atoms with van der Waals surface area (Å²) in [6.07, 6.45) is 1.57. The van der Waals surface area contributed by atoms with E-state index in [-0.39, 0.29) is 18.5 Å². The van der Waals surface area contributed by atoms with Crippen molar-refractivity contribution in [3.63, 3.8) is 0 Å². The molecule has 0 aliphatic heterocycles. The van der Waals surface area contributed by atoms with E-state index in [1.165, 1.54) is 0 Å². The fourth-order valence-corrected chi connectivity index (χ4v) is 2.65. The third kappa shape index (κ3) is 7.06. The standard InChI is InChI=1S/C21H30N4O4/c1-5-27-18-10-9-16(12-19(18)28-6-2)15(3)25-21(22-4)24-14-20(26)23-13-17-8-7-11-29-17/h7-12,15H,5-6,13-14H2,1-4H3,(H,23,26)(H2,22,24,25). The first-order valence-electron chi connectivity index (χ1n) is 9.73. The number of hydrogen-bond acceptors (Lipinski definition) is 5. The van der Waals surface area contributed by atoms with Crippen molar-refractivity contribution in [1.29, 1.82) is 0 Å². The Morgan fingerprint density at radius 1 is 1.14 bits per heavy atom. The molecule has 8 heteroatoms. The fraction of sp³-hybridized carbons (Fsp3) is 0.429. The molecule has 0 aliphatic rings. The van der Waals surface area contributed by atoms with Gasteiger partial charge in [0.05, 0.1) is 38.6 Å². The highest BCUT2D eigenvalue weighted by atomic mass is 16.5. The molecule has 1 aromatic carbocycles. The van der Waals surface area contributed by atoms with Crippen LogP contribution in [0.5, 0.6) is 11.5 Å². The maximum Gasteiger partial charge on any atom is 0.239 e. The Bertz CT molecular complexity index is 790. The van der Waals surface area contributed by atoms with Gasteiger partial charge in [-0.3, -0.25) is 9.79 Å². The molecule has 0 saturated heterocycles. The van der Waals surface area contributed by atoms with Gasteiger partial charge in [-0.1, -0.05) is 6.07 Å². The number of benzene rings is 1. The summed E-state index contributed by atoms with van der Waals surface area (Å²) in [6.45, 7) is 7.46. The number of hydrogen-bond donors (Lipinski definition) is 3. The van der Waals surface area contributed by atoms with Crippen LogP contribution in [0.25, 0.3) is 0 Å². The van der Waals surface area contributed by atoms with Gasteiger partial charge in [0.1, 0.15) is 5.76 Å². The highest BCUT2D eigenvalue weighted by Gasteiger charge is 2.13. The number of rotatable bonds is 10. The Morgan fingerprint density at radius 2 is 1.90 bits per heavy atom. The first-order chi connectivity index (χ1) is 14.1. The predicted octanol–water partition coefficient (Wildman–Crippen LogP) is 2.62. The second kappa shape index (κ2) is 11.6. The number of nitrogens with zero attached hydrogens (tertiary/aromatic N) is 1. The van der Waals surface area contributed by atoms with E-state index in [1.54, 1.807) is 19.4 Å². The van der Waals surface area contributed by atoms with Gasteiger partial charge in [-0.2, -0.15) is 0 Å². The molecular formula is C21H30N4O4. The molecule has 0 spiro atoms. The number of carbonyl (C=O) groups is 1. The molecule has 2 aromatic rings. The summed E-state index contributed by atoms with van der Waals surface area (Å²) in [6, 6.07) is 9.38. The van der Waals surface area contributed by atoms with Crippen molar-refractivity contribution < 1.29 is 18.7 Å². The summed E-state index contributed by atoms with van der Waals surface area (Å²) >= 11 is 0. The van der Waals surface area contributed by atoms with Crippen LogP contribution in [-0.2, 0) is 11.3 Å². The van der Waals surface area contributed by atoms with E-state index in [2.05, 4.69) is 20.9 Å². The molecule has 1 aromatic heterocycles. The number of carbonyl (C=O) groups excluding carboxylic acids is 1. The Morgan fingerprint density at radius 3 is 2.55 bits per heavy atom. The topological polar surface area (TPSA) is 97.1 Å². The van der Waals surface area contributed by atoms with Gasteiger partial charge in [-0.05, 0) is 50.6 Å². The third-order valence-corrected chi connectivity index (χ3v) is 4.10. The molecule has 3 N–H and O–H groups in total. The third-order valence-electron chi connectivity index (χ3n) is 4.10. The van der Waals surface area contributed by atoms with E-state index in [4.69, 9.17) is 13.9 Å². The molecule has 2 rings (SSSR count). The second-order valence-corrected chi connectivity index (χ2v) is 6.22. The average molecular weight is 402 g/mol. The normalized spacial score (nSPS) is 12.2. The van der Waals surface area contributed by atoms with Crippen LogP contribution in [0.2, 0.25) is 0 Å². The molecule has 0 bridgehead atoms. The van der Waals surface area contributed by atoms with E-state index >= 15 is 0 Å². The van der Waals surface area contributed by atoms with Crippen molar-refractivity contribution in [3.8, 4) is 11.5 Å². The lowest BCUT2D eigenvalue weighted by Crippen LogP contribution is -2.43. The molecule has 0 aliphatic carbocycles. The molecule has 1 atom stereocenters. The van der Waals surface area contributed by atoms with Crippen LogP contribution in [0.3, 0.4) is 0 Å². The lowest BCUT2D eigenvalue weighted by molar-refractivity contribution is -0.120. The van der Waals surface area contributed by atoms with E-state index in [9.17, 15) is 4.79 Å². The predicted molar refractivity (Wildman–Crippen MR) is 112 cm³/mol. The minimum Gasteiger partial charge on any atom is -0.490 e. The van der Waals surface area contributed by atoms with Crippen molar-refractivity contribution in [3.05, 3.63) is 47.9 Å². The van der Waals surface area contributed by atoms with E-state index < -0.39 is 0 Å². The van der Waals surface area contributed by atoms with Gasteiger partial charge in [0.15, 0.2) is 17.5 Å². The van der Waals surface area contributed by atoms with Crippen LogP contribution < -0.4 is 25.4 Å². The maximum absolute atomic E-state index is 12.0. The Hall–Kier alpha value is -3.16. The van der Waals surface area contributed by atoms with Gasteiger partial charge in [-0.25, -0.2) is 0 Å². The summed E-state index contributed by atoms with van der Waals surface area (Å²) in [5.74, 6) is 2.51. The Kier molecular flexibility index (Phi) is 8.88. The van der Waals surface area contributed by atoms with Crippen LogP contribution in [-0.4, -0.2) is 38.7 Å². The quantitative estimate of drug-likeness (QED) is 0.418. The SMILES string of the molecule is CCOc1ccc(C(C)NC(=NC)NCC(=O)NCc2ccco2)cc1OCC. The Balaban J connectivity index is 1.89. The maximum atomic E-state index is 12.0. The molecule has 1 heterocycles. The van der Waals surface area contributed by atoms with Crippen molar-refractivity contribution >= 4 is 11.9 Å². The van der Waals surface area contributed by atoms with Gasteiger partial charge >= 0.3 is 0 Å². The zero-order chi connectivity index (χ0) is 21.1.